The average Bonchev–Trinajstić information content (AvgIpc) is 3.01. The van der Waals surface area contributed by atoms with Gasteiger partial charge >= 0.3 is 5.97 Å². The van der Waals surface area contributed by atoms with Crippen molar-refractivity contribution < 1.29 is 14.3 Å². The highest BCUT2D eigenvalue weighted by atomic mass is 32.2. The summed E-state index contributed by atoms with van der Waals surface area (Å²) in [5.74, 6) is 0.435. The van der Waals surface area contributed by atoms with E-state index in [1.54, 1.807) is 35.2 Å². The summed E-state index contributed by atoms with van der Waals surface area (Å²) >= 11 is 3.40. The Balaban J connectivity index is 1.61. The van der Waals surface area contributed by atoms with Crippen LogP contribution in [0.2, 0.25) is 0 Å². The van der Waals surface area contributed by atoms with E-state index in [9.17, 15) is 4.79 Å². The molecule has 0 spiro atoms. The number of benzene rings is 2. The molecule has 118 valence electrons. The third-order valence-electron chi connectivity index (χ3n) is 3.13. The van der Waals surface area contributed by atoms with E-state index >= 15 is 0 Å². The minimum Gasteiger partial charge on any atom is -0.435 e. The minimum absolute atomic E-state index is 0.0337. The zero-order valence-electron chi connectivity index (χ0n) is 12.5. The first-order chi connectivity index (χ1) is 11.3. The van der Waals surface area contributed by atoms with Crippen molar-refractivity contribution in [2.75, 3.05) is 13.9 Å². The highest BCUT2D eigenvalue weighted by molar-refractivity contribution is 8.00. The predicted octanol–water partition coefficient (Wildman–Crippen LogP) is 4.35. The molecule has 0 aliphatic rings. The molecule has 0 aliphatic carbocycles. The second-order valence-electron chi connectivity index (χ2n) is 4.77. The average molecular weight is 345 g/mol. The van der Waals surface area contributed by atoms with E-state index in [2.05, 4.69) is 11.1 Å². The van der Waals surface area contributed by atoms with Crippen LogP contribution in [0.15, 0.2) is 52.9 Å². The van der Waals surface area contributed by atoms with Gasteiger partial charge in [0, 0.05) is 12.9 Å². The van der Waals surface area contributed by atoms with E-state index in [0.29, 0.717) is 5.56 Å². The highest BCUT2D eigenvalue weighted by Crippen LogP contribution is 2.31. The van der Waals surface area contributed by atoms with Crippen LogP contribution < -0.4 is 0 Å². The summed E-state index contributed by atoms with van der Waals surface area (Å²) in [5, 5.41) is 0. The molecule has 6 heteroatoms. The number of aromatic nitrogens is 1. The van der Waals surface area contributed by atoms with E-state index < -0.39 is 0 Å². The molecule has 3 aromatic rings. The molecule has 0 saturated carbocycles. The number of hydrogen-bond donors (Lipinski definition) is 0. The van der Waals surface area contributed by atoms with Crippen LogP contribution in [0.3, 0.4) is 0 Å². The molecule has 1 heterocycles. The fraction of sp³-hybridized carbons (Fsp3) is 0.176. The molecule has 23 heavy (non-hydrogen) atoms. The Bertz CT molecular complexity index is 766. The van der Waals surface area contributed by atoms with Gasteiger partial charge in [-0.1, -0.05) is 36.0 Å². The van der Waals surface area contributed by atoms with Crippen LogP contribution in [0.25, 0.3) is 10.2 Å². The Labute approximate surface area is 142 Å². The van der Waals surface area contributed by atoms with Gasteiger partial charge in [-0.25, -0.2) is 9.78 Å². The van der Waals surface area contributed by atoms with Gasteiger partial charge in [0.05, 0.1) is 15.8 Å². The number of esters is 1. The summed E-state index contributed by atoms with van der Waals surface area (Å²) in [6.45, 7) is -0.0337. The van der Waals surface area contributed by atoms with Crippen molar-refractivity contribution in [1.29, 1.82) is 0 Å². The van der Waals surface area contributed by atoms with Crippen LogP contribution in [0, 0.1) is 0 Å². The normalized spacial score (nSPS) is 10.8. The molecule has 0 amide bonds. The van der Waals surface area contributed by atoms with Crippen LogP contribution in [0.5, 0.6) is 0 Å². The number of thiazole rings is 1. The number of nitrogens with zero attached hydrogens (tertiary/aromatic N) is 1. The third-order valence-corrected chi connectivity index (χ3v) is 5.38. The Morgan fingerprint density at radius 1 is 1.17 bits per heavy atom. The lowest BCUT2D eigenvalue weighted by molar-refractivity contribution is -0.0125. The topological polar surface area (TPSA) is 48.4 Å². The molecule has 2 aromatic carbocycles. The second kappa shape index (κ2) is 7.59. The van der Waals surface area contributed by atoms with Crippen LogP contribution in [0.4, 0.5) is 0 Å². The van der Waals surface area contributed by atoms with Gasteiger partial charge in [-0.15, -0.1) is 11.3 Å². The number of carbonyl (C=O) groups is 1. The molecular weight excluding hydrogens is 330 g/mol. The SMILES string of the molecule is COCOC(=O)c1ccc(CSc2nc3ccccc3s2)cc1. The second-order valence-corrected chi connectivity index (χ2v) is 7.02. The van der Waals surface area contributed by atoms with Gasteiger partial charge in [0.2, 0.25) is 0 Å². The van der Waals surface area contributed by atoms with Crippen LogP contribution in [-0.4, -0.2) is 24.9 Å². The number of hydrogen-bond acceptors (Lipinski definition) is 6. The first-order valence-electron chi connectivity index (χ1n) is 6.99. The van der Waals surface area contributed by atoms with Crippen molar-refractivity contribution in [3.8, 4) is 0 Å². The third kappa shape index (κ3) is 4.10. The van der Waals surface area contributed by atoms with Gasteiger partial charge < -0.3 is 9.47 Å². The summed E-state index contributed by atoms with van der Waals surface area (Å²) in [5.41, 5.74) is 2.70. The number of methoxy groups -OCH3 is 1. The Kier molecular flexibility index (Phi) is 5.27. The molecule has 0 aliphatic heterocycles. The number of fused-ring (bicyclic) bond motifs is 1. The number of ether oxygens (including phenoxy) is 2. The molecule has 1 aromatic heterocycles. The predicted molar refractivity (Wildman–Crippen MR) is 92.9 cm³/mol. The molecule has 0 fully saturated rings. The van der Waals surface area contributed by atoms with E-state index in [1.165, 1.54) is 11.8 Å². The van der Waals surface area contributed by atoms with E-state index in [4.69, 9.17) is 9.47 Å². The first-order valence-corrected chi connectivity index (χ1v) is 8.80. The zero-order valence-corrected chi connectivity index (χ0v) is 14.2. The van der Waals surface area contributed by atoms with Crippen LogP contribution >= 0.6 is 23.1 Å². The fourth-order valence-electron chi connectivity index (χ4n) is 1.99. The minimum atomic E-state index is -0.378. The Hall–Kier alpha value is -1.89. The van der Waals surface area contributed by atoms with Gasteiger partial charge in [-0.2, -0.15) is 0 Å². The maximum Gasteiger partial charge on any atom is 0.340 e. The summed E-state index contributed by atoms with van der Waals surface area (Å²) in [6.07, 6.45) is 0. The van der Waals surface area contributed by atoms with E-state index in [1.807, 2.05) is 30.3 Å². The quantitative estimate of drug-likeness (QED) is 0.378. The molecule has 0 saturated heterocycles. The number of carbonyl (C=O) groups excluding carboxylic acids is 1. The standard InChI is InChI=1S/C17H15NO3S2/c1-20-11-21-16(19)13-8-6-12(7-9-13)10-22-17-18-14-4-2-3-5-15(14)23-17/h2-9H,10-11H2,1H3. The summed E-state index contributed by atoms with van der Waals surface area (Å²) < 4.78 is 11.9. The molecule has 4 nitrogen and oxygen atoms in total. The van der Waals surface area contributed by atoms with Crippen LogP contribution in [-0.2, 0) is 15.2 Å². The molecule has 0 N–H and O–H groups in total. The molecule has 0 atom stereocenters. The maximum absolute atomic E-state index is 11.7. The number of para-hydroxylation sites is 1. The number of thioether (sulfide) groups is 1. The van der Waals surface area contributed by atoms with Crippen molar-refractivity contribution >= 4 is 39.3 Å². The van der Waals surface area contributed by atoms with Gasteiger partial charge in [0.15, 0.2) is 11.1 Å². The van der Waals surface area contributed by atoms with Crippen molar-refractivity contribution in [3.05, 3.63) is 59.7 Å². The van der Waals surface area contributed by atoms with Gasteiger partial charge in [0.1, 0.15) is 0 Å². The number of rotatable bonds is 6. The lowest BCUT2D eigenvalue weighted by Crippen LogP contribution is -2.07. The molecule has 0 unspecified atom stereocenters. The fourth-order valence-corrected chi connectivity index (χ4v) is 4.01. The van der Waals surface area contributed by atoms with Crippen molar-refractivity contribution in [2.24, 2.45) is 0 Å². The summed E-state index contributed by atoms with van der Waals surface area (Å²) in [7, 11) is 1.48. The van der Waals surface area contributed by atoms with Crippen molar-refractivity contribution in [3.63, 3.8) is 0 Å². The molecular formula is C17H15NO3S2. The molecule has 3 rings (SSSR count). The van der Waals surface area contributed by atoms with Crippen molar-refractivity contribution in [1.82, 2.24) is 4.98 Å². The van der Waals surface area contributed by atoms with E-state index in [0.717, 1.165) is 21.2 Å². The van der Waals surface area contributed by atoms with Gasteiger partial charge in [-0.3, -0.25) is 0 Å². The van der Waals surface area contributed by atoms with Gasteiger partial charge in [0.25, 0.3) is 0 Å². The lowest BCUT2D eigenvalue weighted by atomic mass is 10.1. The van der Waals surface area contributed by atoms with Gasteiger partial charge in [-0.05, 0) is 29.8 Å². The highest BCUT2D eigenvalue weighted by Gasteiger charge is 2.08. The lowest BCUT2D eigenvalue weighted by Gasteiger charge is -2.04. The maximum atomic E-state index is 11.7. The summed E-state index contributed by atoms with van der Waals surface area (Å²) in [4.78, 5) is 16.3. The largest absolute Gasteiger partial charge is 0.435 e. The summed E-state index contributed by atoms with van der Waals surface area (Å²) in [6, 6.07) is 15.5. The molecule has 0 radical (unpaired) electrons. The Morgan fingerprint density at radius 3 is 2.70 bits per heavy atom. The first kappa shape index (κ1) is 16.0. The van der Waals surface area contributed by atoms with E-state index in [-0.39, 0.29) is 12.8 Å². The zero-order chi connectivity index (χ0) is 16.1. The smallest absolute Gasteiger partial charge is 0.340 e. The molecule has 0 bridgehead atoms. The Morgan fingerprint density at radius 2 is 1.96 bits per heavy atom. The monoisotopic (exact) mass is 345 g/mol. The van der Waals surface area contributed by atoms with Crippen molar-refractivity contribution in [2.45, 2.75) is 10.1 Å². The van der Waals surface area contributed by atoms with Crippen LogP contribution in [0.1, 0.15) is 15.9 Å².